The van der Waals surface area contributed by atoms with Gasteiger partial charge in [-0.3, -0.25) is 0 Å². The molecule has 3 heterocycles. The molecule has 2 aliphatic rings. The highest BCUT2D eigenvalue weighted by atomic mass is 32.2. The van der Waals surface area contributed by atoms with Crippen LogP contribution in [0.25, 0.3) is 0 Å². The number of hydrogen-bond acceptors (Lipinski definition) is 7. The van der Waals surface area contributed by atoms with Gasteiger partial charge >= 0.3 is 11.5 Å². The Labute approximate surface area is 194 Å². The average molecular weight is 483 g/mol. The van der Waals surface area contributed by atoms with Crippen LogP contribution in [0.1, 0.15) is 5.69 Å². The largest absolute Gasteiger partial charge is 0.446 e. The minimum atomic E-state index is -4.34. The molecule has 1 aromatic heterocycles. The number of hydrogen-bond donors (Lipinski definition) is 1. The number of aromatic nitrogens is 2. The molecule has 0 saturated carbocycles. The zero-order valence-corrected chi connectivity index (χ0v) is 19.0. The lowest BCUT2D eigenvalue weighted by molar-refractivity contribution is -0.0328. The number of anilines is 3. The minimum absolute atomic E-state index is 0.0747. The number of halogens is 3. The predicted molar refractivity (Wildman–Crippen MR) is 121 cm³/mol. The maximum atomic E-state index is 12.6. The first kappa shape index (κ1) is 23.4. The van der Waals surface area contributed by atoms with E-state index in [9.17, 15) is 18.0 Å². The van der Waals surface area contributed by atoms with Crippen molar-refractivity contribution in [2.24, 2.45) is 0 Å². The number of nitrogens with zero attached hydrogens (tertiary/aromatic N) is 5. The standard InChI is InChI=1S/C21H25F3N6O2S/c1-15-14-18(27-19(25-15)29-10-12-32-13-11-29)28-6-8-30(9-7-28)20(31)26-16-2-4-17(5-3-16)33-21(22,23)24/h2-5,14H,6-13H2,1H3,(H,26,31). The Morgan fingerprint density at radius 1 is 1.00 bits per heavy atom. The van der Waals surface area contributed by atoms with Crippen molar-refractivity contribution in [1.29, 1.82) is 0 Å². The van der Waals surface area contributed by atoms with E-state index in [0.29, 0.717) is 51.0 Å². The molecular formula is C21H25F3N6O2S. The Balaban J connectivity index is 1.32. The number of aryl methyl sites for hydroxylation is 1. The fourth-order valence-electron chi connectivity index (χ4n) is 3.68. The van der Waals surface area contributed by atoms with Gasteiger partial charge in [0.1, 0.15) is 5.82 Å². The fraction of sp³-hybridized carbons (Fsp3) is 0.476. The third-order valence-corrected chi connectivity index (χ3v) is 6.09. The van der Waals surface area contributed by atoms with Gasteiger partial charge in [-0.25, -0.2) is 9.78 Å². The molecule has 0 aliphatic carbocycles. The number of piperazine rings is 1. The van der Waals surface area contributed by atoms with Crippen molar-refractivity contribution in [2.75, 3.05) is 67.6 Å². The monoisotopic (exact) mass is 482 g/mol. The van der Waals surface area contributed by atoms with Crippen LogP contribution >= 0.6 is 11.8 Å². The van der Waals surface area contributed by atoms with Crippen LogP contribution in [-0.2, 0) is 4.74 Å². The Hall–Kier alpha value is -2.73. The molecule has 2 saturated heterocycles. The third kappa shape index (κ3) is 6.41. The van der Waals surface area contributed by atoms with Crippen molar-refractivity contribution in [3.8, 4) is 0 Å². The quantitative estimate of drug-likeness (QED) is 0.668. The number of urea groups is 1. The molecule has 2 fully saturated rings. The van der Waals surface area contributed by atoms with Crippen molar-refractivity contribution in [3.63, 3.8) is 0 Å². The third-order valence-electron chi connectivity index (χ3n) is 5.35. The number of ether oxygens (including phenoxy) is 1. The highest BCUT2D eigenvalue weighted by Gasteiger charge is 2.29. The molecule has 0 atom stereocenters. The van der Waals surface area contributed by atoms with Crippen LogP contribution in [0.5, 0.6) is 0 Å². The van der Waals surface area contributed by atoms with Crippen molar-refractivity contribution >= 4 is 35.2 Å². The molecule has 2 aliphatic heterocycles. The first-order chi connectivity index (χ1) is 15.8. The second-order valence-corrected chi connectivity index (χ2v) is 8.88. The summed E-state index contributed by atoms with van der Waals surface area (Å²) < 4.78 is 42.8. The van der Waals surface area contributed by atoms with E-state index in [2.05, 4.69) is 20.1 Å². The van der Waals surface area contributed by atoms with E-state index in [1.54, 1.807) is 4.90 Å². The maximum Gasteiger partial charge on any atom is 0.446 e. The molecule has 12 heteroatoms. The predicted octanol–water partition coefficient (Wildman–Crippen LogP) is 3.59. The molecule has 0 unspecified atom stereocenters. The Bertz CT molecular complexity index is 961. The van der Waals surface area contributed by atoms with Crippen molar-refractivity contribution in [2.45, 2.75) is 17.3 Å². The number of morpholine rings is 1. The van der Waals surface area contributed by atoms with Crippen molar-refractivity contribution < 1.29 is 22.7 Å². The molecule has 1 N–H and O–H groups in total. The summed E-state index contributed by atoms with van der Waals surface area (Å²) in [6.07, 6.45) is 0. The van der Waals surface area contributed by atoms with Gasteiger partial charge in [-0.05, 0) is 43.0 Å². The van der Waals surface area contributed by atoms with Gasteiger partial charge in [-0.1, -0.05) is 0 Å². The summed E-state index contributed by atoms with van der Waals surface area (Å²) in [6.45, 7) is 7.01. The normalized spacial score (nSPS) is 17.3. The van der Waals surface area contributed by atoms with Crippen LogP contribution < -0.4 is 15.1 Å². The zero-order valence-electron chi connectivity index (χ0n) is 18.1. The first-order valence-electron chi connectivity index (χ1n) is 10.6. The smallest absolute Gasteiger partial charge is 0.378 e. The van der Waals surface area contributed by atoms with E-state index in [-0.39, 0.29) is 22.7 Å². The Morgan fingerprint density at radius 3 is 2.30 bits per heavy atom. The molecule has 2 aromatic rings. The molecular weight excluding hydrogens is 457 g/mol. The summed E-state index contributed by atoms with van der Waals surface area (Å²) in [6, 6.07) is 7.29. The summed E-state index contributed by atoms with van der Waals surface area (Å²) in [7, 11) is 0. The van der Waals surface area contributed by atoms with E-state index < -0.39 is 5.51 Å². The summed E-state index contributed by atoms with van der Waals surface area (Å²) in [5.74, 6) is 1.53. The molecule has 2 amide bonds. The number of carbonyl (C=O) groups excluding carboxylic acids is 1. The van der Waals surface area contributed by atoms with Gasteiger partial charge in [0.25, 0.3) is 0 Å². The molecule has 0 bridgehead atoms. The highest BCUT2D eigenvalue weighted by Crippen LogP contribution is 2.37. The van der Waals surface area contributed by atoms with E-state index >= 15 is 0 Å². The molecule has 0 spiro atoms. The number of rotatable bonds is 4. The SMILES string of the molecule is Cc1cc(N2CCN(C(=O)Nc3ccc(SC(F)(F)F)cc3)CC2)nc(N2CCOCC2)n1. The van der Waals surface area contributed by atoms with Gasteiger partial charge in [-0.2, -0.15) is 18.2 Å². The Morgan fingerprint density at radius 2 is 1.67 bits per heavy atom. The molecule has 4 rings (SSSR count). The van der Waals surface area contributed by atoms with E-state index in [1.165, 1.54) is 24.3 Å². The zero-order chi connectivity index (χ0) is 23.4. The number of carbonyl (C=O) groups is 1. The molecule has 0 radical (unpaired) electrons. The molecule has 1 aromatic carbocycles. The van der Waals surface area contributed by atoms with Gasteiger partial charge in [0.05, 0.1) is 13.2 Å². The van der Waals surface area contributed by atoms with Gasteiger partial charge in [0.2, 0.25) is 5.95 Å². The van der Waals surface area contributed by atoms with E-state index in [4.69, 9.17) is 9.72 Å². The maximum absolute atomic E-state index is 12.6. The Kier molecular flexibility index (Phi) is 7.13. The topological polar surface area (TPSA) is 73.8 Å². The van der Waals surface area contributed by atoms with Crippen LogP contribution in [0.4, 0.5) is 35.4 Å². The summed E-state index contributed by atoms with van der Waals surface area (Å²) in [5.41, 5.74) is -3.00. The second kappa shape index (κ2) is 10.0. The average Bonchev–Trinajstić information content (AvgIpc) is 2.80. The van der Waals surface area contributed by atoms with Crippen LogP contribution in [0.3, 0.4) is 0 Å². The van der Waals surface area contributed by atoms with E-state index in [1.807, 2.05) is 13.0 Å². The fourth-order valence-corrected chi connectivity index (χ4v) is 4.22. The first-order valence-corrected chi connectivity index (χ1v) is 11.4. The van der Waals surface area contributed by atoms with Gasteiger partial charge in [0.15, 0.2) is 0 Å². The van der Waals surface area contributed by atoms with E-state index in [0.717, 1.165) is 24.6 Å². The lowest BCUT2D eigenvalue weighted by Gasteiger charge is -2.36. The van der Waals surface area contributed by atoms with Gasteiger partial charge < -0.3 is 24.8 Å². The minimum Gasteiger partial charge on any atom is -0.378 e. The van der Waals surface area contributed by atoms with Crippen LogP contribution in [-0.4, -0.2) is 78.9 Å². The van der Waals surface area contributed by atoms with Gasteiger partial charge in [-0.15, -0.1) is 0 Å². The van der Waals surface area contributed by atoms with Crippen LogP contribution in [0, 0.1) is 6.92 Å². The second-order valence-electron chi connectivity index (χ2n) is 7.74. The lowest BCUT2D eigenvalue weighted by atomic mass is 10.3. The number of alkyl halides is 3. The van der Waals surface area contributed by atoms with Gasteiger partial charge in [0, 0.05) is 61.6 Å². The lowest BCUT2D eigenvalue weighted by Crippen LogP contribution is -2.50. The number of thioether (sulfide) groups is 1. The number of benzene rings is 1. The van der Waals surface area contributed by atoms with Crippen LogP contribution in [0.15, 0.2) is 35.2 Å². The number of amides is 2. The van der Waals surface area contributed by atoms with Crippen molar-refractivity contribution in [3.05, 3.63) is 36.0 Å². The summed E-state index contributed by atoms with van der Waals surface area (Å²) in [4.78, 5) is 27.9. The molecule has 178 valence electrons. The summed E-state index contributed by atoms with van der Waals surface area (Å²) in [5, 5.41) is 2.75. The van der Waals surface area contributed by atoms with Crippen LogP contribution in [0.2, 0.25) is 0 Å². The highest BCUT2D eigenvalue weighted by molar-refractivity contribution is 8.00. The number of nitrogens with one attached hydrogen (secondary N) is 1. The molecule has 8 nitrogen and oxygen atoms in total. The van der Waals surface area contributed by atoms with Crippen molar-refractivity contribution in [1.82, 2.24) is 14.9 Å². The summed E-state index contributed by atoms with van der Waals surface area (Å²) >= 11 is -0.183. The molecule has 33 heavy (non-hydrogen) atoms.